The largest absolute Gasteiger partial charge is 0.495 e. The van der Waals surface area contributed by atoms with Gasteiger partial charge in [-0.05, 0) is 37.5 Å². The maximum Gasteiger partial charge on any atom is 0.319 e. The van der Waals surface area contributed by atoms with Crippen molar-refractivity contribution in [3.8, 4) is 5.75 Å². The number of rotatable bonds is 5. The first-order valence-electron chi connectivity index (χ1n) is 6.39. The molecule has 1 aromatic rings. The highest BCUT2D eigenvalue weighted by Crippen LogP contribution is 2.44. The molecule has 0 saturated heterocycles. The number of ether oxygens (including phenoxy) is 1. The quantitative estimate of drug-likeness (QED) is 0.760. The van der Waals surface area contributed by atoms with Gasteiger partial charge in [-0.3, -0.25) is 0 Å². The molecule has 1 aromatic carbocycles. The van der Waals surface area contributed by atoms with E-state index < -0.39 is 0 Å². The Morgan fingerprint density at radius 1 is 1.47 bits per heavy atom. The van der Waals surface area contributed by atoms with E-state index in [1.807, 2.05) is 25.1 Å². The number of aliphatic hydroxyl groups is 1. The number of anilines is 1. The monoisotopic (exact) mass is 264 g/mol. The zero-order valence-electron chi connectivity index (χ0n) is 11.3. The van der Waals surface area contributed by atoms with Gasteiger partial charge in [-0.25, -0.2) is 4.79 Å². The minimum atomic E-state index is -0.274. The van der Waals surface area contributed by atoms with Gasteiger partial charge < -0.3 is 20.5 Å². The van der Waals surface area contributed by atoms with Gasteiger partial charge in [0.15, 0.2) is 0 Å². The van der Waals surface area contributed by atoms with E-state index in [2.05, 4.69) is 10.6 Å². The SMILES string of the molecule is COc1ccc(C)cc1NC(=O)NCC1(CO)CC1. The number of hydrogen-bond donors (Lipinski definition) is 3. The lowest BCUT2D eigenvalue weighted by Gasteiger charge is -2.15. The Balaban J connectivity index is 1.93. The Morgan fingerprint density at radius 2 is 2.21 bits per heavy atom. The lowest BCUT2D eigenvalue weighted by molar-refractivity contribution is 0.206. The topological polar surface area (TPSA) is 70.6 Å². The van der Waals surface area contributed by atoms with Gasteiger partial charge in [-0.2, -0.15) is 0 Å². The fraction of sp³-hybridized carbons (Fsp3) is 0.500. The number of urea groups is 1. The zero-order chi connectivity index (χ0) is 13.9. The summed E-state index contributed by atoms with van der Waals surface area (Å²) in [6.07, 6.45) is 1.94. The summed E-state index contributed by atoms with van der Waals surface area (Å²) in [7, 11) is 1.57. The molecule has 5 nitrogen and oxygen atoms in total. The zero-order valence-corrected chi connectivity index (χ0v) is 11.3. The lowest BCUT2D eigenvalue weighted by Crippen LogP contribution is -2.35. The summed E-state index contributed by atoms with van der Waals surface area (Å²) < 4.78 is 5.20. The molecular weight excluding hydrogens is 244 g/mol. The van der Waals surface area contributed by atoms with Crippen LogP contribution in [0.1, 0.15) is 18.4 Å². The van der Waals surface area contributed by atoms with Crippen molar-refractivity contribution < 1.29 is 14.6 Å². The Hall–Kier alpha value is -1.75. The molecule has 1 saturated carbocycles. The number of benzene rings is 1. The van der Waals surface area contributed by atoms with Crippen molar-refractivity contribution in [2.45, 2.75) is 19.8 Å². The average molecular weight is 264 g/mol. The minimum Gasteiger partial charge on any atom is -0.495 e. The fourth-order valence-electron chi connectivity index (χ4n) is 1.92. The molecule has 0 spiro atoms. The second kappa shape index (κ2) is 5.48. The molecule has 5 heteroatoms. The van der Waals surface area contributed by atoms with E-state index in [1.165, 1.54) is 0 Å². The Morgan fingerprint density at radius 3 is 2.79 bits per heavy atom. The van der Waals surface area contributed by atoms with Crippen LogP contribution in [0, 0.1) is 12.3 Å². The smallest absolute Gasteiger partial charge is 0.319 e. The number of carbonyl (C=O) groups excluding carboxylic acids is 1. The molecule has 0 aliphatic heterocycles. The summed E-state index contributed by atoms with van der Waals surface area (Å²) in [4.78, 5) is 11.8. The lowest BCUT2D eigenvalue weighted by atomic mass is 10.1. The van der Waals surface area contributed by atoms with Crippen molar-refractivity contribution >= 4 is 11.7 Å². The maximum atomic E-state index is 11.8. The van der Waals surface area contributed by atoms with Gasteiger partial charge in [0.2, 0.25) is 0 Å². The van der Waals surface area contributed by atoms with Crippen LogP contribution in [0.3, 0.4) is 0 Å². The predicted molar refractivity (Wildman–Crippen MR) is 73.5 cm³/mol. The van der Waals surface area contributed by atoms with Gasteiger partial charge in [0.1, 0.15) is 5.75 Å². The first-order chi connectivity index (χ1) is 9.08. The molecule has 0 heterocycles. The number of aliphatic hydroxyl groups excluding tert-OH is 1. The molecule has 104 valence electrons. The van der Waals surface area contributed by atoms with Gasteiger partial charge in [0.25, 0.3) is 0 Å². The van der Waals surface area contributed by atoms with Crippen molar-refractivity contribution in [1.82, 2.24) is 5.32 Å². The van der Waals surface area contributed by atoms with Crippen molar-refractivity contribution in [3.63, 3.8) is 0 Å². The number of methoxy groups -OCH3 is 1. The Labute approximate surface area is 113 Å². The molecule has 2 amide bonds. The van der Waals surface area contributed by atoms with E-state index in [-0.39, 0.29) is 18.1 Å². The molecule has 2 rings (SSSR count). The Kier molecular flexibility index (Phi) is 3.95. The number of aryl methyl sites for hydroxylation is 1. The molecule has 1 aliphatic rings. The predicted octanol–water partition coefficient (Wildman–Crippen LogP) is 1.90. The average Bonchev–Trinajstić information content (AvgIpc) is 3.17. The second-order valence-corrected chi connectivity index (χ2v) is 5.17. The van der Waals surface area contributed by atoms with Gasteiger partial charge in [-0.15, -0.1) is 0 Å². The van der Waals surface area contributed by atoms with E-state index >= 15 is 0 Å². The fourth-order valence-corrected chi connectivity index (χ4v) is 1.92. The van der Waals surface area contributed by atoms with Crippen LogP contribution >= 0.6 is 0 Å². The third kappa shape index (κ3) is 3.38. The molecule has 3 N–H and O–H groups in total. The van der Waals surface area contributed by atoms with E-state index in [1.54, 1.807) is 7.11 Å². The third-order valence-electron chi connectivity index (χ3n) is 3.52. The summed E-state index contributed by atoms with van der Waals surface area (Å²) in [6, 6.07) is 5.33. The minimum absolute atomic E-state index is 0.0893. The van der Waals surface area contributed by atoms with E-state index in [0.717, 1.165) is 18.4 Å². The second-order valence-electron chi connectivity index (χ2n) is 5.17. The molecule has 0 atom stereocenters. The molecule has 0 aromatic heterocycles. The summed E-state index contributed by atoms with van der Waals surface area (Å²) >= 11 is 0. The standard InChI is InChI=1S/C14H20N2O3/c1-10-3-4-12(19-2)11(7-10)16-13(18)15-8-14(9-17)5-6-14/h3-4,7,17H,5-6,8-9H2,1-2H3,(H2,15,16,18). The van der Waals surface area contributed by atoms with E-state index in [9.17, 15) is 9.90 Å². The number of nitrogens with one attached hydrogen (secondary N) is 2. The summed E-state index contributed by atoms with van der Waals surface area (Å²) in [5.41, 5.74) is 1.60. The number of hydrogen-bond acceptors (Lipinski definition) is 3. The van der Waals surface area contributed by atoms with Crippen LogP contribution in [0.2, 0.25) is 0 Å². The van der Waals surface area contributed by atoms with Crippen molar-refractivity contribution in [2.24, 2.45) is 5.41 Å². The van der Waals surface area contributed by atoms with Crippen LogP contribution < -0.4 is 15.4 Å². The molecule has 1 fully saturated rings. The Bertz CT molecular complexity index is 470. The summed E-state index contributed by atoms with van der Waals surface area (Å²) in [6.45, 7) is 2.58. The van der Waals surface area contributed by atoms with Crippen LogP contribution in [0.25, 0.3) is 0 Å². The van der Waals surface area contributed by atoms with Gasteiger partial charge in [-0.1, -0.05) is 6.07 Å². The van der Waals surface area contributed by atoms with Crippen LogP contribution in [-0.4, -0.2) is 31.4 Å². The highest BCUT2D eigenvalue weighted by molar-refractivity contribution is 5.91. The molecule has 19 heavy (non-hydrogen) atoms. The van der Waals surface area contributed by atoms with Crippen molar-refractivity contribution in [3.05, 3.63) is 23.8 Å². The molecule has 0 radical (unpaired) electrons. The van der Waals surface area contributed by atoms with E-state index in [4.69, 9.17) is 4.74 Å². The number of amides is 2. The van der Waals surface area contributed by atoms with Crippen LogP contribution in [0.4, 0.5) is 10.5 Å². The van der Waals surface area contributed by atoms with Crippen molar-refractivity contribution in [2.75, 3.05) is 25.6 Å². The van der Waals surface area contributed by atoms with Gasteiger partial charge in [0, 0.05) is 12.0 Å². The summed E-state index contributed by atoms with van der Waals surface area (Å²) in [5.74, 6) is 0.629. The highest BCUT2D eigenvalue weighted by Gasteiger charge is 2.42. The highest BCUT2D eigenvalue weighted by atomic mass is 16.5. The van der Waals surface area contributed by atoms with Crippen LogP contribution in [-0.2, 0) is 0 Å². The first-order valence-corrected chi connectivity index (χ1v) is 6.39. The normalized spacial score (nSPS) is 15.7. The number of carbonyl (C=O) groups is 1. The maximum absolute atomic E-state index is 11.8. The van der Waals surface area contributed by atoms with Gasteiger partial charge >= 0.3 is 6.03 Å². The first kappa shape index (κ1) is 13.7. The molecule has 1 aliphatic carbocycles. The van der Waals surface area contributed by atoms with Crippen LogP contribution in [0.15, 0.2) is 18.2 Å². The third-order valence-corrected chi connectivity index (χ3v) is 3.52. The molecular formula is C14H20N2O3. The van der Waals surface area contributed by atoms with Crippen molar-refractivity contribution in [1.29, 1.82) is 0 Å². The van der Waals surface area contributed by atoms with Crippen LogP contribution in [0.5, 0.6) is 5.75 Å². The van der Waals surface area contributed by atoms with Gasteiger partial charge in [0.05, 0.1) is 19.4 Å². The van der Waals surface area contributed by atoms with E-state index in [0.29, 0.717) is 18.0 Å². The molecule has 0 bridgehead atoms. The molecule has 0 unspecified atom stereocenters. The summed E-state index contributed by atoms with van der Waals surface area (Å²) in [5, 5.41) is 14.7.